The van der Waals surface area contributed by atoms with Gasteiger partial charge in [0.2, 0.25) is 0 Å². The van der Waals surface area contributed by atoms with E-state index >= 15 is 0 Å². The van der Waals surface area contributed by atoms with Crippen molar-refractivity contribution in [2.75, 3.05) is 45.9 Å². The molecule has 0 aromatic carbocycles. The summed E-state index contributed by atoms with van der Waals surface area (Å²) in [6.07, 6.45) is 3.79. The topological polar surface area (TPSA) is 53.2 Å². The highest BCUT2D eigenvalue weighted by Crippen LogP contribution is 2.18. The first kappa shape index (κ1) is 21.6. The molecule has 2 fully saturated rings. The van der Waals surface area contributed by atoms with Gasteiger partial charge in [0.25, 0.3) is 0 Å². The molecule has 2 aliphatic heterocycles. The molecular formula is C20H29IN4O2S. The summed E-state index contributed by atoms with van der Waals surface area (Å²) in [6, 6.07) is 8.80. The lowest BCUT2D eigenvalue weighted by molar-refractivity contribution is 0.0195. The Hall–Kier alpha value is -1.10. The molecule has 0 amide bonds. The maximum absolute atomic E-state index is 5.50. The quantitative estimate of drug-likeness (QED) is 0.364. The Bertz CT molecular complexity index is 702. The Balaban J connectivity index is 0.00000225. The number of ether oxygens (including phenoxy) is 1. The second kappa shape index (κ2) is 11.2. The molecule has 0 bridgehead atoms. The fourth-order valence-electron chi connectivity index (χ4n) is 3.75. The minimum absolute atomic E-state index is 0. The first-order chi connectivity index (χ1) is 13.4. The van der Waals surface area contributed by atoms with Gasteiger partial charge in [-0.2, -0.15) is 0 Å². The SMILES string of the molecule is I.c1coc(CCNC(=NCc2cccs2)N2CCC(N3CCOCC3)C2)c1. The third-order valence-corrected chi connectivity index (χ3v) is 6.09. The zero-order valence-electron chi connectivity index (χ0n) is 16.1. The van der Waals surface area contributed by atoms with Gasteiger partial charge in [0.15, 0.2) is 5.96 Å². The van der Waals surface area contributed by atoms with Gasteiger partial charge >= 0.3 is 0 Å². The van der Waals surface area contributed by atoms with Gasteiger partial charge in [0, 0.05) is 50.1 Å². The molecule has 4 rings (SSSR count). The zero-order chi connectivity index (χ0) is 18.3. The summed E-state index contributed by atoms with van der Waals surface area (Å²) in [5, 5.41) is 5.67. The molecule has 28 heavy (non-hydrogen) atoms. The number of hydrogen-bond acceptors (Lipinski definition) is 5. The van der Waals surface area contributed by atoms with Crippen molar-refractivity contribution < 1.29 is 9.15 Å². The molecule has 1 unspecified atom stereocenters. The van der Waals surface area contributed by atoms with Gasteiger partial charge in [-0.15, -0.1) is 35.3 Å². The lowest BCUT2D eigenvalue weighted by Crippen LogP contribution is -2.47. The van der Waals surface area contributed by atoms with Crippen molar-refractivity contribution in [3.05, 3.63) is 46.5 Å². The van der Waals surface area contributed by atoms with Crippen molar-refractivity contribution in [2.45, 2.75) is 25.4 Å². The highest BCUT2D eigenvalue weighted by molar-refractivity contribution is 14.0. The molecule has 0 radical (unpaired) electrons. The Morgan fingerprint density at radius 1 is 1.21 bits per heavy atom. The summed E-state index contributed by atoms with van der Waals surface area (Å²) in [6.45, 7) is 7.47. The van der Waals surface area contributed by atoms with Gasteiger partial charge in [0.05, 0.1) is 26.0 Å². The van der Waals surface area contributed by atoms with Crippen molar-refractivity contribution >= 4 is 41.3 Å². The Morgan fingerprint density at radius 2 is 2.11 bits per heavy atom. The molecule has 1 N–H and O–H groups in total. The van der Waals surface area contributed by atoms with E-state index in [1.54, 1.807) is 17.6 Å². The van der Waals surface area contributed by atoms with E-state index < -0.39 is 0 Å². The van der Waals surface area contributed by atoms with E-state index in [0.29, 0.717) is 6.04 Å². The molecule has 4 heterocycles. The molecule has 2 aliphatic rings. The van der Waals surface area contributed by atoms with Crippen LogP contribution in [-0.2, 0) is 17.7 Å². The smallest absolute Gasteiger partial charge is 0.194 e. The number of furan rings is 1. The second-order valence-electron chi connectivity index (χ2n) is 7.01. The minimum atomic E-state index is 0. The van der Waals surface area contributed by atoms with Crippen LogP contribution in [0.5, 0.6) is 0 Å². The van der Waals surface area contributed by atoms with Crippen LogP contribution in [0, 0.1) is 0 Å². The normalized spacial score (nSPS) is 20.9. The Labute approximate surface area is 188 Å². The highest BCUT2D eigenvalue weighted by Gasteiger charge is 2.30. The van der Waals surface area contributed by atoms with Crippen LogP contribution >= 0.6 is 35.3 Å². The van der Waals surface area contributed by atoms with Crippen LogP contribution in [0.2, 0.25) is 0 Å². The molecule has 0 spiro atoms. The predicted octanol–water partition coefficient (Wildman–Crippen LogP) is 3.05. The van der Waals surface area contributed by atoms with Crippen molar-refractivity contribution in [2.24, 2.45) is 4.99 Å². The van der Waals surface area contributed by atoms with Crippen molar-refractivity contribution in [1.29, 1.82) is 0 Å². The number of halogens is 1. The number of aliphatic imine (C=N–C) groups is 1. The molecule has 1 atom stereocenters. The molecular weight excluding hydrogens is 487 g/mol. The summed E-state index contributed by atoms with van der Waals surface area (Å²) >= 11 is 1.76. The fourth-order valence-corrected chi connectivity index (χ4v) is 4.38. The molecule has 2 saturated heterocycles. The third-order valence-electron chi connectivity index (χ3n) is 5.22. The number of nitrogens with one attached hydrogen (secondary N) is 1. The number of rotatable bonds is 6. The van der Waals surface area contributed by atoms with E-state index in [9.17, 15) is 0 Å². The van der Waals surface area contributed by atoms with E-state index in [1.807, 2.05) is 12.1 Å². The second-order valence-corrected chi connectivity index (χ2v) is 8.04. The van der Waals surface area contributed by atoms with Gasteiger partial charge in [-0.25, -0.2) is 4.99 Å². The number of nitrogens with zero attached hydrogens (tertiary/aromatic N) is 3. The minimum Gasteiger partial charge on any atom is -0.469 e. The zero-order valence-corrected chi connectivity index (χ0v) is 19.2. The molecule has 8 heteroatoms. The van der Waals surface area contributed by atoms with E-state index in [1.165, 1.54) is 11.3 Å². The van der Waals surface area contributed by atoms with Gasteiger partial charge in [-0.1, -0.05) is 6.07 Å². The predicted molar refractivity (Wildman–Crippen MR) is 124 cm³/mol. The van der Waals surface area contributed by atoms with Gasteiger partial charge in [-0.3, -0.25) is 4.90 Å². The van der Waals surface area contributed by atoms with Crippen LogP contribution in [0.3, 0.4) is 0 Å². The third kappa shape index (κ3) is 5.95. The van der Waals surface area contributed by atoms with Crippen LogP contribution < -0.4 is 5.32 Å². The molecule has 2 aromatic heterocycles. The van der Waals surface area contributed by atoms with Crippen LogP contribution in [0.25, 0.3) is 0 Å². The van der Waals surface area contributed by atoms with Crippen LogP contribution in [0.1, 0.15) is 17.1 Å². The van der Waals surface area contributed by atoms with Crippen molar-refractivity contribution in [1.82, 2.24) is 15.1 Å². The first-order valence-corrected chi connectivity index (χ1v) is 10.7. The average Bonchev–Trinajstić information content (AvgIpc) is 3.48. The summed E-state index contributed by atoms with van der Waals surface area (Å²) in [7, 11) is 0. The number of thiophene rings is 1. The fraction of sp³-hybridized carbons (Fsp3) is 0.550. The summed E-state index contributed by atoms with van der Waals surface area (Å²) in [5.74, 6) is 2.03. The maximum Gasteiger partial charge on any atom is 0.194 e. The van der Waals surface area contributed by atoms with Gasteiger partial charge in [0.1, 0.15) is 5.76 Å². The highest BCUT2D eigenvalue weighted by atomic mass is 127. The lowest BCUT2D eigenvalue weighted by atomic mass is 10.2. The molecule has 6 nitrogen and oxygen atoms in total. The van der Waals surface area contributed by atoms with Gasteiger partial charge < -0.3 is 19.4 Å². The number of guanidine groups is 1. The number of hydrogen-bond donors (Lipinski definition) is 1. The average molecular weight is 516 g/mol. The molecule has 154 valence electrons. The Kier molecular flexibility index (Phi) is 8.63. The lowest BCUT2D eigenvalue weighted by Gasteiger charge is -2.32. The largest absolute Gasteiger partial charge is 0.469 e. The van der Waals surface area contributed by atoms with Crippen molar-refractivity contribution in [3.63, 3.8) is 0 Å². The maximum atomic E-state index is 5.50. The molecule has 0 aliphatic carbocycles. The van der Waals surface area contributed by atoms with Crippen LogP contribution in [0.15, 0.2) is 45.3 Å². The summed E-state index contributed by atoms with van der Waals surface area (Å²) in [5.41, 5.74) is 0. The molecule has 0 saturated carbocycles. The standard InChI is InChI=1S/C20H28N4O2S.HI/c1-3-18(26-11-1)5-7-21-20(22-15-19-4-2-14-27-19)24-8-6-17(16-24)23-9-12-25-13-10-23;/h1-4,11,14,17H,5-10,12-13,15-16H2,(H,21,22);1H. The number of morpholine rings is 1. The monoisotopic (exact) mass is 516 g/mol. The summed E-state index contributed by atoms with van der Waals surface area (Å²) in [4.78, 5) is 11.2. The van der Waals surface area contributed by atoms with Crippen LogP contribution in [0.4, 0.5) is 0 Å². The van der Waals surface area contributed by atoms with E-state index in [0.717, 1.165) is 70.6 Å². The number of likely N-dealkylation sites (tertiary alicyclic amines) is 1. The molecule has 2 aromatic rings. The van der Waals surface area contributed by atoms with Crippen LogP contribution in [-0.4, -0.2) is 67.7 Å². The van der Waals surface area contributed by atoms with E-state index in [-0.39, 0.29) is 24.0 Å². The Morgan fingerprint density at radius 3 is 2.86 bits per heavy atom. The first-order valence-electron chi connectivity index (χ1n) is 9.78. The van der Waals surface area contributed by atoms with E-state index in [2.05, 4.69) is 32.6 Å². The van der Waals surface area contributed by atoms with Crippen molar-refractivity contribution in [3.8, 4) is 0 Å². The van der Waals surface area contributed by atoms with Gasteiger partial charge in [-0.05, 0) is 30.0 Å². The van der Waals surface area contributed by atoms with E-state index in [4.69, 9.17) is 14.1 Å². The summed E-state index contributed by atoms with van der Waals surface area (Å²) < 4.78 is 10.9.